The Balaban J connectivity index is 1.43. The lowest BCUT2D eigenvalue weighted by atomic mass is 10.1. The molecule has 3 aromatic rings. The first-order valence-corrected chi connectivity index (χ1v) is 11.8. The first-order valence-electron chi connectivity index (χ1n) is 11.8. The van der Waals surface area contributed by atoms with Gasteiger partial charge in [0.05, 0.1) is 23.2 Å². The lowest BCUT2D eigenvalue weighted by Crippen LogP contribution is -2.44. The highest BCUT2D eigenvalue weighted by Crippen LogP contribution is 2.21. The highest BCUT2D eigenvalue weighted by atomic mass is 16.5. The number of hydrogen-bond acceptors (Lipinski definition) is 5. The molecule has 1 aliphatic rings. The summed E-state index contributed by atoms with van der Waals surface area (Å²) in [5.74, 6) is 0.412. The van der Waals surface area contributed by atoms with E-state index in [0.29, 0.717) is 24.7 Å². The third-order valence-corrected chi connectivity index (χ3v) is 5.87. The predicted molar refractivity (Wildman–Crippen MR) is 131 cm³/mol. The van der Waals surface area contributed by atoms with E-state index in [1.165, 1.54) is 5.56 Å². The molecular formula is C26H34N4O3. The Morgan fingerprint density at radius 1 is 1.12 bits per heavy atom. The van der Waals surface area contributed by atoms with Crippen LogP contribution in [0.15, 0.2) is 48.5 Å². The van der Waals surface area contributed by atoms with E-state index in [-0.39, 0.29) is 18.1 Å². The minimum absolute atomic E-state index is 0.156. The minimum atomic E-state index is -0.156. The number of carbonyl (C=O) groups is 1. The molecule has 176 valence electrons. The molecular weight excluding hydrogens is 416 g/mol. The second-order valence-corrected chi connectivity index (χ2v) is 8.73. The number of para-hydroxylation sites is 2. The number of nitrogens with one attached hydrogen (secondary N) is 1. The van der Waals surface area contributed by atoms with Gasteiger partial charge in [-0.1, -0.05) is 24.3 Å². The topological polar surface area (TPSA) is 68.6 Å². The van der Waals surface area contributed by atoms with E-state index in [4.69, 9.17) is 9.47 Å². The van der Waals surface area contributed by atoms with Crippen molar-refractivity contribution in [3.63, 3.8) is 0 Å². The summed E-state index contributed by atoms with van der Waals surface area (Å²) >= 11 is 0. The Labute approximate surface area is 195 Å². The molecule has 0 aliphatic carbocycles. The van der Waals surface area contributed by atoms with Crippen molar-refractivity contribution in [2.24, 2.45) is 0 Å². The number of anilines is 1. The van der Waals surface area contributed by atoms with Crippen molar-refractivity contribution >= 4 is 22.9 Å². The smallest absolute Gasteiger partial charge is 0.257 e. The highest BCUT2D eigenvalue weighted by Gasteiger charge is 2.22. The standard InChI is InChI=1S/C26H34N4O3/c1-4-32-15-7-14-30-24-9-6-5-8-23(24)27-26(30)28-25(31)22-12-10-21(11-13-22)18-29-16-19(2)33-20(3)17-29/h5-6,8-13,19-20H,4,7,14-18H2,1-3H3,(H,27,28,31). The predicted octanol–water partition coefficient (Wildman–Crippen LogP) is 4.32. The number of amides is 1. The molecule has 1 fully saturated rings. The quantitative estimate of drug-likeness (QED) is 0.492. The van der Waals surface area contributed by atoms with E-state index < -0.39 is 0 Å². The zero-order chi connectivity index (χ0) is 23.2. The maximum Gasteiger partial charge on any atom is 0.257 e. The second-order valence-electron chi connectivity index (χ2n) is 8.73. The maximum absolute atomic E-state index is 13.0. The third-order valence-electron chi connectivity index (χ3n) is 5.87. The van der Waals surface area contributed by atoms with Gasteiger partial charge in [0.1, 0.15) is 0 Å². The number of nitrogens with zero attached hydrogens (tertiary/aromatic N) is 3. The molecule has 0 radical (unpaired) electrons. The van der Waals surface area contributed by atoms with Crippen LogP contribution in [0.2, 0.25) is 0 Å². The Kier molecular flexibility index (Phi) is 7.75. The SMILES string of the molecule is CCOCCCn1c(NC(=O)c2ccc(CN3CC(C)OC(C)C3)cc2)nc2ccccc21. The molecule has 7 heteroatoms. The molecule has 1 aromatic heterocycles. The molecule has 0 saturated carbocycles. The summed E-state index contributed by atoms with van der Waals surface area (Å²) in [5.41, 5.74) is 3.69. The zero-order valence-electron chi connectivity index (χ0n) is 19.8. The molecule has 0 bridgehead atoms. The van der Waals surface area contributed by atoms with Crippen molar-refractivity contribution in [3.05, 3.63) is 59.7 Å². The van der Waals surface area contributed by atoms with Crippen LogP contribution in [0.3, 0.4) is 0 Å². The van der Waals surface area contributed by atoms with Crippen LogP contribution in [-0.2, 0) is 22.6 Å². The molecule has 1 N–H and O–H groups in total. The number of aryl methyl sites for hydroxylation is 1. The largest absolute Gasteiger partial charge is 0.382 e. The van der Waals surface area contributed by atoms with Crippen LogP contribution in [0.5, 0.6) is 0 Å². The molecule has 7 nitrogen and oxygen atoms in total. The van der Waals surface area contributed by atoms with E-state index in [1.54, 1.807) is 0 Å². The lowest BCUT2D eigenvalue weighted by Gasteiger charge is -2.35. The third kappa shape index (κ3) is 5.99. The summed E-state index contributed by atoms with van der Waals surface area (Å²) in [6.45, 7) is 11.0. The Bertz CT molecular complexity index is 1050. The number of aromatic nitrogens is 2. The van der Waals surface area contributed by atoms with Crippen LogP contribution in [0.25, 0.3) is 11.0 Å². The molecule has 1 saturated heterocycles. The van der Waals surface area contributed by atoms with Crippen molar-refractivity contribution in [2.75, 3.05) is 31.6 Å². The summed E-state index contributed by atoms with van der Waals surface area (Å²) in [6.07, 6.45) is 1.34. The molecule has 0 spiro atoms. The fraction of sp³-hybridized carbons (Fsp3) is 0.462. The number of carbonyl (C=O) groups excluding carboxylic acids is 1. The van der Waals surface area contributed by atoms with Gasteiger partial charge in [-0.2, -0.15) is 0 Å². The number of fused-ring (bicyclic) bond motifs is 1. The van der Waals surface area contributed by atoms with Crippen molar-refractivity contribution in [3.8, 4) is 0 Å². The van der Waals surface area contributed by atoms with Crippen molar-refractivity contribution in [1.82, 2.24) is 14.5 Å². The van der Waals surface area contributed by atoms with Crippen LogP contribution >= 0.6 is 0 Å². The average molecular weight is 451 g/mol. The van der Waals surface area contributed by atoms with Gasteiger partial charge in [-0.05, 0) is 57.0 Å². The second kappa shape index (κ2) is 10.9. The first-order chi connectivity index (χ1) is 16.0. The van der Waals surface area contributed by atoms with Gasteiger partial charge < -0.3 is 14.0 Å². The molecule has 2 unspecified atom stereocenters. The number of rotatable bonds is 9. The summed E-state index contributed by atoms with van der Waals surface area (Å²) in [6, 6.07) is 15.8. The first kappa shape index (κ1) is 23.4. The van der Waals surface area contributed by atoms with E-state index in [1.807, 2.05) is 55.5 Å². The molecule has 33 heavy (non-hydrogen) atoms. The van der Waals surface area contributed by atoms with Crippen LogP contribution in [0.4, 0.5) is 5.95 Å². The molecule has 2 atom stereocenters. The van der Waals surface area contributed by atoms with Gasteiger partial charge in [0.15, 0.2) is 0 Å². The van der Waals surface area contributed by atoms with Gasteiger partial charge in [-0.3, -0.25) is 15.0 Å². The normalized spacial score (nSPS) is 19.1. The van der Waals surface area contributed by atoms with E-state index in [2.05, 4.69) is 33.6 Å². The molecule has 2 heterocycles. The van der Waals surface area contributed by atoms with Gasteiger partial charge >= 0.3 is 0 Å². The number of ether oxygens (including phenoxy) is 2. The lowest BCUT2D eigenvalue weighted by molar-refractivity contribution is -0.0704. The number of benzene rings is 2. The van der Waals surface area contributed by atoms with E-state index in [0.717, 1.165) is 43.6 Å². The highest BCUT2D eigenvalue weighted by molar-refractivity contribution is 6.04. The van der Waals surface area contributed by atoms with Crippen LogP contribution in [0, 0.1) is 0 Å². The Hall–Kier alpha value is -2.74. The average Bonchev–Trinajstić information content (AvgIpc) is 3.13. The van der Waals surface area contributed by atoms with Crippen LogP contribution in [-0.4, -0.2) is 58.9 Å². The van der Waals surface area contributed by atoms with Gasteiger partial charge in [0.2, 0.25) is 5.95 Å². The van der Waals surface area contributed by atoms with Crippen LogP contribution in [0.1, 0.15) is 43.1 Å². The fourth-order valence-electron chi connectivity index (χ4n) is 4.47. The van der Waals surface area contributed by atoms with Gasteiger partial charge in [-0.15, -0.1) is 0 Å². The number of hydrogen-bond donors (Lipinski definition) is 1. The van der Waals surface area contributed by atoms with Crippen molar-refractivity contribution < 1.29 is 14.3 Å². The fourth-order valence-corrected chi connectivity index (χ4v) is 4.47. The maximum atomic E-state index is 13.0. The monoisotopic (exact) mass is 450 g/mol. The minimum Gasteiger partial charge on any atom is -0.382 e. The molecule has 1 aliphatic heterocycles. The number of imidazole rings is 1. The summed E-state index contributed by atoms with van der Waals surface area (Å²) in [5, 5.41) is 3.01. The van der Waals surface area contributed by atoms with Gasteiger partial charge in [0, 0.05) is 45.0 Å². The Morgan fingerprint density at radius 3 is 2.58 bits per heavy atom. The van der Waals surface area contributed by atoms with E-state index in [9.17, 15) is 4.79 Å². The summed E-state index contributed by atoms with van der Waals surface area (Å²) in [7, 11) is 0. The van der Waals surface area contributed by atoms with E-state index >= 15 is 0 Å². The van der Waals surface area contributed by atoms with Crippen LogP contribution < -0.4 is 5.32 Å². The zero-order valence-corrected chi connectivity index (χ0v) is 19.8. The number of morpholine rings is 1. The van der Waals surface area contributed by atoms with Gasteiger partial charge in [0.25, 0.3) is 5.91 Å². The molecule has 2 aromatic carbocycles. The molecule has 4 rings (SSSR count). The molecule has 1 amide bonds. The summed E-state index contributed by atoms with van der Waals surface area (Å²) in [4.78, 5) is 20.0. The Morgan fingerprint density at radius 2 is 1.85 bits per heavy atom. The van der Waals surface area contributed by atoms with Crippen molar-refractivity contribution in [1.29, 1.82) is 0 Å². The van der Waals surface area contributed by atoms with Gasteiger partial charge in [-0.25, -0.2) is 4.98 Å². The van der Waals surface area contributed by atoms with Crippen molar-refractivity contribution in [2.45, 2.75) is 52.5 Å². The summed E-state index contributed by atoms with van der Waals surface area (Å²) < 4.78 is 13.4.